The first kappa shape index (κ1) is 27.8. The number of piperazine rings is 1. The van der Waals surface area contributed by atoms with Crippen LogP contribution in [-0.2, 0) is 16.1 Å². The topological polar surface area (TPSA) is 65.6 Å². The van der Waals surface area contributed by atoms with Crippen LogP contribution in [0.2, 0.25) is 0 Å². The molecule has 0 aromatic heterocycles. The van der Waals surface area contributed by atoms with E-state index in [2.05, 4.69) is 21.9 Å². The van der Waals surface area contributed by atoms with Crippen LogP contribution < -0.4 is 9.80 Å². The van der Waals surface area contributed by atoms with Crippen molar-refractivity contribution < 1.29 is 19.1 Å². The molecule has 2 heterocycles. The number of carbonyl (C=O) groups excluding carboxylic acids is 2. The van der Waals surface area contributed by atoms with E-state index in [-0.39, 0.29) is 18.8 Å². The summed E-state index contributed by atoms with van der Waals surface area (Å²) in [5.74, 6) is 0.651. The number of amides is 2. The Hall–Kier alpha value is -3.26. The van der Waals surface area contributed by atoms with Crippen LogP contribution in [0, 0.1) is 5.92 Å². The number of carbonyl (C=O) groups is 2. The monoisotopic (exact) mass is 522 g/mol. The van der Waals surface area contributed by atoms with E-state index in [9.17, 15) is 9.59 Å². The Kier molecular flexibility index (Phi) is 9.15. The quantitative estimate of drug-likeness (QED) is 0.518. The minimum atomic E-state index is -0.456. The second-order valence-corrected chi connectivity index (χ2v) is 11.3. The zero-order chi connectivity index (χ0) is 27.1. The zero-order valence-corrected chi connectivity index (χ0v) is 23.3. The molecule has 0 aliphatic carbocycles. The van der Waals surface area contributed by atoms with Crippen molar-refractivity contribution in [1.29, 1.82) is 0 Å². The van der Waals surface area contributed by atoms with Crippen LogP contribution in [0.5, 0.6) is 0 Å². The number of rotatable bonds is 6. The second kappa shape index (κ2) is 12.5. The lowest BCUT2D eigenvalue weighted by Gasteiger charge is -2.39. The molecule has 2 aromatic rings. The van der Waals surface area contributed by atoms with E-state index in [1.165, 1.54) is 0 Å². The van der Waals surface area contributed by atoms with Gasteiger partial charge in [-0.25, -0.2) is 9.59 Å². The summed E-state index contributed by atoms with van der Waals surface area (Å²) in [6.45, 7) is 12.3. The fourth-order valence-corrected chi connectivity index (χ4v) is 5.00. The number of nitrogens with zero attached hydrogens (tertiary/aromatic N) is 4. The van der Waals surface area contributed by atoms with Gasteiger partial charge in [0, 0.05) is 64.2 Å². The number of hydrogen-bond acceptors (Lipinski definition) is 6. The summed E-state index contributed by atoms with van der Waals surface area (Å²) < 4.78 is 11.0. The third-order valence-electron chi connectivity index (χ3n) is 7.22. The van der Waals surface area contributed by atoms with Crippen molar-refractivity contribution in [3.8, 4) is 0 Å². The molecular weight excluding hydrogens is 480 g/mol. The van der Waals surface area contributed by atoms with E-state index in [0.29, 0.717) is 5.92 Å². The van der Waals surface area contributed by atoms with Crippen LogP contribution in [-0.4, -0.2) is 80.4 Å². The molecule has 2 aliphatic rings. The highest BCUT2D eigenvalue weighted by Gasteiger charge is 2.28. The van der Waals surface area contributed by atoms with Gasteiger partial charge in [0.05, 0.1) is 0 Å². The van der Waals surface area contributed by atoms with Crippen LogP contribution in [0.4, 0.5) is 21.0 Å². The van der Waals surface area contributed by atoms with Crippen molar-refractivity contribution in [2.75, 3.05) is 62.7 Å². The molecule has 0 unspecified atom stereocenters. The van der Waals surface area contributed by atoms with Gasteiger partial charge in [0.15, 0.2) is 0 Å². The summed E-state index contributed by atoms with van der Waals surface area (Å²) in [7, 11) is 1.75. The van der Waals surface area contributed by atoms with Crippen LogP contribution in [0.3, 0.4) is 0 Å². The molecule has 4 rings (SSSR count). The number of ether oxygens (including phenoxy) is 2. The molecule has 2 fully saturated rings. The molecule has 0 N–H and O–H groups in total. The van der Waals surface area contributed by atoms with Gasteiger partial charge in [-0.2, -0.15) is 0 Å². The Morgan fingerprint density at radius 3 is 2.26 bits per heavy atom. The summed E-state index contributed by atoms with van der Waals surface area (Å²) in [6, 6.07) is 17.8. The minimum Gasteiger partial charge on any atom is -0.444 e. The van der Waals surface area contributed by atoms with E-state index in [1.807, 2.05) is 68.1 Å². The first-order valence-corrected chi connectivity index (χ1v) is 13.7. The van der Waals surface area contributed by atoms with E-state index in [1.54, 1.807) is 11.9 Å². The van der Waals surface area contributed by atoms with Gasteiger partial charge in [0.25, 0.3) is 0 Å². The number of hydrogen-bond donors (Lipinski definition) is 0. The molecule has 38 heavy (non-hydrogen) atoms. The van der Waals surface area contributed by atoms with Gasteiger partial charge in [-0.05, 0) is 63.3 Å². The largest absolute Gasteiger partial charge is 0.444 e. The normalized spacial score (nSPS) is 17.3. The van der Waals surface area contributed by atoms with Crippen LogP contribution in [0.25, 0.3) is 0 Å². The Morgan fingerprint density at radius 2 is 1.61 bits per heavy atom. The average Bonchev–Trinajstić information content (AvgIpc) is 2.92. The predicted octanol–water partition coefficient (Wildman–Crippen LogP) is 5.23. The molecule has 8 nitrogen and oxygen atoms in total. The SMILES string of the molecule is CN(C(=O)OCc1ccccc1)c1cccc(N2CCC(CN3CCN(C(=O)OC(C)(C)C)CC3)CC2)c1. The van der Waals surface area contributed by atoms with Crippen molar-refractivity contribution in [2.24, 2.45) is 5.92 Å². The molecular formula is C30H42N4O4. The van der Waals surface area contributed by atoms with Crippen LogP contribution in [0.15, 0.2) is 54.6 Å². The Bertz CT molecular complexity index is 1060. The van der Waals surface area contributed by atoms with E-state index < -0.39 is 5.60 Å². The van der Waals surface area contributed by atoms with Crippen molar-refractivity contribution in [1.82, 2.24) is 9.80 Å². The van der Waals surface area contributed by atoms with Crippen LogP contribution in [0.1, 0.15) is 39.2 Å². The summed E-state index contributed by atoms with van der Waals surface area (Å²) in [5, 5.41) is 0. The molecule has 0 radical (unpaired) electrons. The summed E-state index contributed by atoms with van der Waals surface area (Å²) in [4.78, 5) is 33.2. The van der Waals surface area contributed by atoms with Crippen molar-refractivity contribution in [3.63, 3.8) is 0 Å². The molecule has 2 aromatic carbocycles. The molecule has 2 aliphatic heterocycles. The van der Waals surface area contributed by atoms with Gasteiger partial charge in [0.2, 0.25) is 0 Å². The molecule has 0 atom stereocenters. The maximum atomic E-state index is 12.6. The van der Waals surface area contributed by atoms with Crippen molar-refractivity contribution in [2.45, 2.75) is 45.8 Å². The van der Waals surface area contributed by atoms with Crippen molar-refractivity contribution >= 4 is 23.6 Å². The fraction of sp³-hybridized carbons (Fsp3) is 0.533. The van der Waals surface area contributed by atoms with Crippen LogP contribution >= 0.6 is 0 Å². The zero-order valence-electron chi connectivity index (χ0n) is 23.3. The van der Waals surface area contributed by atoms with Gasteiger partial charge in [-0.15, -0.1) is 0 Å². The Labute approximate surface area is 227 Å². The number of anilines is 2. The van der Waals surface area contributed by atoms with Gasteiger partial charge >= 0.3 is 12.2 Å². The second-order valence-electron chi connectivity index (χ2n) is 11.3. The third kappa shape index (κ3) is 7.87. The Balaban J connectivity index is 1.21. The average molecular weight is 523 g/mol. The van der Waals surface area contributed by atoms with Gasteiger partial charge in [-0.1, -0.05) is 36.4 Å². The standard InChI is InChI=1S/C30H42N4O4/c1-30(2,3)38-29(36)34-19-17-32(18-20-34)22-24-13-15-33(16-14-24)27-12-8-11-26(21-27)31(4)28(35)37-23-25-9-6-5-7-10-25/h5-12,21,24H,13-20,22-23H2,1-4H3. The molecule has 0 saturated carbocycles. The Morgan fingerprint density at radius 1 is 0.921 bits per heavy atom. The lowest BCUT2D eigenvalue weighted by molar-refractivity contribution is 0.0130. The summed E-state index contributed by atoms with van der Waals surface area (Å²) in [6.07, 6.45) is 1.69. The van der Waals surface area contributed by atoms with Gasteiger partial charge < -0.3 is 19.3 Å². The molecule has 206 valence electrons. The molecule has 2 amide bonds. The fourth-order valence-electron chi connectivity index (χ4n) is 5.00. The van der Waals surface area contributed by atoms with E-state index in [0.717, 1.165) is 75.6 Å². The molecule has 0 spiro atoms. The maximum Gasteiger partial charge on any atom is 0.414 e. The van der Waals surface area contributed by atoms with Gasteiger partial charge in [0.1, 0.15) is 12.2 Å². The first-order chi connectivity index (χ1) is 18.2. The van der Waals surface area contributed by atoms with E-state index in [4.69, 9.17) is 9.47 Å². The predicted molar refractivity (Wildman–Crippen MR) is 151 cm³/mol. The van der Waals surface area contributed by atoms with Gasteiger partial charge in [-0.3, -0.25) is 9.80 Å². The highest BCUT2D eigenvalue weighted by Crippen LogP contribution is 2.28. The first-order valence-electron chi connectivity index (χ1n) is 13.7. The lowest BCUT2D eigenvalue weighted by Crippen LogP contribution is -2.51. The van der Waals surface area contributed by atoms with E-state index >= 15 is 0 Å². The summed E-state index contributed by atoms with van der Waals surface area (Å²) >= 11 is 0. The number of piperidine rings is 1. The van der Waals surface area contributed by atoms with Crippen molar-refractivity contribution in [3.05, 3.63) is 60.2 Å². The molecule has 0 bridgehead atoms. The summed E-state index contributed by atoms with van der Waals surface area (Å²) in [5.41, 5.74) is 2.47. The molecule has 2 saturated heterocycles. The maximum absolute atomic E-state index is 12.6. The number of benzene rings is 2. The third-order valence-corrected chi connectivity index (χ3v) is 7.22. The minimum absolute atomic E-state index is 0.206. The highest BCUT2D eigenvalue weighted by atomic mass is 16.6. The lowest BCUT2D eigenvalue weighted by atomic mass is 9.95. The smallest absolute Gasteiger partial charge is 0.414 e. The molecule has 8 heteroatoms. The highest BCUT2D eigenvalue weighted by molar-refractivity contribution is 5.87.